The van der Waals surface area contributed by atoms with Gasteiger partial charge in [-0.05, 0) is 24.3 Å². The molecule has 2 N–H and O–H groups in total. The third kappa shape index (κ3) is 3.71. The molecule has 0 heterocycles. The Kier molecular flexibility index (Phi) is 4.44. The number of carbonyl (C=O) groups is 1. The summed E-state index contributed by atoms with van der Waals surface area (Å²) in [5, 5.41) is 23.1. The first-order chi connectivity index (χ1) is 9.86. The Morgan fingerprint density at radius 2 is 2.00 bits per heavy atom. The first-order valence-electron chi connectivity index (χ1n) is 5.61. The summed E-state index contributed by atoms with van der Waals surface area (Å²) in [6, 6.07) is 7.95. The molecular formula is C13H8BrClN2O4. The maximum Gasteiger partial charge on any atom is 0.271 e. The van der Waals surface area contributed by atoms with Gasteiger partial charge in [-0.15, -0.1) is 0 Å². The van der Waals surface area contributed by atoms with E-state index in [9.17, 15) is 20.0 Å². The third-order valence-corrected chi connectivity index (χ3v) is 3.24. The SMILES string of the molecule is O=C(Nc1cc([N+](=O)[O-])ccc1O)c1cc(Cl)cc(Br)c1. The summed E-state index contributed by atoms with van der Waals surface area (Å²) in [7, 11) is 0. The van der Waals surface area contributed by atoms with E-state index in [1.54, 1.807) is 6.07 Å². The van der Waals surface area contributed by atoms with Crippen LogP contribution in [-0.4, -0.2) is 15.9 Å². The number of nitrogens with zero attached hydrogens (tertiary/aromatic N) is 1. The Balaban J connectivity index is 2.31. The lowest BCUT2D eigenvalue weighted by molar-refractivity contribution is -0.384. The molecular weight excluding hydrogens is 364 g/mol. The van der Waals surface area contributed by atoms with Gasteiger partial charge in [-0.25, -0.2) is 0 Å². The first-order valence-corrected chi connectivity index (χ1v) is 6.79. The molecule has 0 aliphatic heterocycles. The van der Waals surface area contributed by atoms with Crippen LogP contribution in [0.2, 0.25) is 5.02 Å². The van der Waals surface area contributed by atoms with Crippen LogP contribution in [-0.2, 0) is 0 Å². The number of phenols is 1. The maximum atomic E-state index is 12.1. The van der Waals surface area contributed by atoms with Gasteiger partial charge in [-0.3, -0.25) is 14.9 Å². The van der Waals surface area contributed by atoms with Crippen molar-refractivity contribution in [3.8, 4) is 5.75 Å². The highest BCUT2D eigenvalue weighted by atomic mass is 79.9. The molecule has 0 bridgehead atoms. The minimum Gasteiger partial charge on any atom is -0.506 e. The number of benzene rings is 2. The standard InChI is InChI=1S/C13H8BrClN2O4/c14-8-3-7(4-9(15)5-8)13(19)16-11-6-10(17(20)21)1-2-12(11)18/h1-6,18H,(H,16,19). The lowest BCUT2D eigenvalue weighted by Gasteiger charge is -2.08. The summed E-state index contributed by atoms with van der Waals surface area (Å²) >= 11 is 9.06. The number of phenolic OH excluding ortho intramolecular Hbond substituents is 1. The van der Waals surface area contributed by atoms with E-state index >= 15 is 0 Å². The monoisotopic (exact) mass is 370 g/mol. The number of anilines is 1. The van der Waals surface area contributed by atoms with Crippen molar-refractivity contribution < 1.29 is 14.8 Å². The summed E-state index contributed by atoms with van der Waals surface area (Å²) in [4.78, 5) is 22.2. The van der Waals surface area contributed by atoms with Crippen LogP contribution in [0.4, 0.5) is 11.4 Å². The number of rotatable bonds is 3. The summed E-state index contributed by atoms with van der Waals surface area (Å²) in [5.41, 5.74) is -0.0408. The Hall–Kier alpha value is -2.12. The number of halogens is 2. The molecule has 0 saturated heterocycles. The van der Waals surface area contributed by atoms with E-state index < -0.39 is 10.8 Å². The van der Waals surface area contributed by atoms with Gasteiger partial charge in [0.25, 0.3) is 11.6 Å². The zero-order chi connectivity index (χ0) is 15.6. The molecule has 0 aliphatic carbocycles. The second kappa shape index (κ2) is 6.11. The summed E-state index contributed by atoms with van der Waals surface area (Å²) in [5.74, 6) is -0.816. The summed E-state index contributed by atoms with van der Waals surface area (Å²) in [6.45, 7) is 0. The fourth-order valence-corrected chi connectivity index (χ4v) is 2.48. The van der Waals surface area contributed by atoms with E-state index in [-0.39, 0.29) is 22.7 Å². The van der Waals surface area contributed by atoms with E-state index in [1.165, 1.54) is 12.1 Å². The quantitative estimate of drug-likeness (QED) is 0.485. The molecule has 0 aliphatic rings. The van der Waals surface area contributed by atoms with Crippen LogP contribution in [0, 0.1) is 10.1 Å². The smallest absolute Gasteiger partial charge is 0.271 e. The third-order valence-electron chi connectivity index (χ3n) is 2.56. The van der Waals surface area contributed by atoms with Gasteiger partial charge in [-0.2, -0.15) is 0 Å². The number of nitro groups is 1. The predicted octanol–water partition coefficient (Wildman–Crippen LogP) is 3.97. The highest BCUT2D eigenvalue weighted by Crippen LogP contribution is 2.28. The summed E-state index contributed by atoms with van der Waals surface area (Å²) < 4.78 is 0.614. The van der Waals surface area contributed by atoms with Crippen molar-refractivity contribution in [2.24, 2.45) is 0 Å². The molecule has 0 aromatic heterocycles. The van der Waals surface area contributed by atoms with Crippen molar-refractivity contribution in [1.29, 1.82) is 0 Å². The van der Waals surface area contributed by atoms with Crippen LogP contribution < -0.4 is 5.32 Å². The van der Waals surface area contributed by atoms with E-state index in [2.05, 4.69) is 21.2 Å². The van der Waals surface area contributed by atoms with Gasteiger partial charge < -0.3 is 10.4 Å². The second-order valence-corrected chi connectivity index (χ2v) is 5.42. The molecule has 0 saturated carbocycles. The lowest BCUT2D eigenvalue weighted by Crippen LogP contribution is -2.12. The molecule has 0 radical (unpaired) electrons. The molecule has 8 heteroatoms. The van der Waals surface area contributed by atoms with E-state index in [0.29, 0.717) is 9.50 Å². The molecule has 108 valence electrons. The van der Waals surface area contributed by atoms with E-state index in [0.717, 1.165) is 18.2 Å². The number of hydrogen-bond donors (Lipinski definition) is 2. The Morgan fingerprint density at radius 1 is 1.29 bits per heavy atom. The molecule has 0 atom stereocenters. The highest BCUT2D eigenvalue weighted by molar-refractivity contribution is 9.10. The average Bonchev–Trinajstić information content (AvgIpc) is 2.39. The fourth-order valence-electron chi connectivity index (χ4n) is 1.62. The molecule has 0 fully saturated rings. The van der Waals surface area contributed by atoms with Crippen molar-refractivity contribution in [3.05, 3.63) is 61.6 Å². The first kappa shape index (κ1) is 15.3. The van der Waals surface area contributed by atoms with Crippen LogP contribution in [0.3, 0.4) is 0 Å². The van der Waals surface area contributed by atoms with Crippen molar-refractivity contribution in [2.45, 2.75) is 0 Å². The highest BCUT2D eigenvalue weighted by Gasteiger charge is 2.14. The maximum absolute atomic E-state index is 12.1. The Morgan fingerprint density at radius 3 is 2.62 bits per heavy atom. The van der Waals surface area contributed by atoms with Crippen LogP contribution in [0.15, 0.2) is 40.9 Å². The number of hydrogen-bond acceptors (Lipinski definition) is 4. The Bertz CT molecular complexity index is 716. The molecule has 2 aromatic carbocycles. The van der Waals surface area contributed by atoms with Gasteiger partial charge >= 0.3 is 0 Å². The zero-order valence-corrected chi connectivity index (χ0v) is 12.7. The van der Waals surface area contributed by atoms with Gasteiger partial charge in [0.1, 0.15) is 5.75 Å². The van der Waals surface area contributed by atoms with Gasteiger partial charge in [-0.1, -0.05) is 27.5 Å². The normalized spacial score (nSPS) is 10.2. The molecule has 0 unspecified atom stereocenters. The van der Waals surface area contributed by atoms with Gasteiger partial charge in [0.15, 0.2) is 0 Å². The second-order valence-electron chi connectivity index (χ2n) is 4.07. The number of nitro benzene ring substituents is 1. The van der Waals surface area contributed by atoms with Gasteiger partial charge in [0.05, 0.1) is 10.6 Å². The topological polar surface area (TPSA) is 92.5 Å². The molecule has 1 amide bonds. The van der Waals surface area contributed by atoms with Crippen molar-refractivity contribution in [3.63, 3.8) is 0 Å². The van der Waals surface area contributed by atoms with Crippen molar-refractivity contribution >= 4 is 44.8 Å². The zero-order valence-electron chi connectivity index (χ0n) is 10.3. The molecule has 2 aromatic rings. The largest absolute Gasteiger partial charge is 0.506 e. The molecule has 6 nitrogen and oxygen atoms in total. The lowest BCUT2D eigenvalue weighted by atomic mass is 10.2. The minimum absolute atomic E-state index is 0.0507. The molecule has 2 rings (SSSR count). The minimum atomic E-state index is -0.620. The van der Waals surface area contributed by atoms with Crippen molar-refractivity contribution in [2.75, 3.05) is 5.32 Å². The number of amides is 1. The molecule has 21 heavy (non-hydrogen) atoms. The van der Waals surface area contributed by atoms with Crippen molar-refractivity contribution in [1.82, 2.24) is 0 Å². The van der Waals surface area contributed by atoms with Gasteiger partial charge in [0.2, 0.25) is 0 Å². The Labute approximate surface area is 132 Å². The fraction of sp³-hybridized carbons (Fsp3) is 0. The summed E-state index contributed by atoms with van der Waals surface area (Å²) in [6.07, 6.45) is 0. The number of non-ortho nitro benzene ring substituents is 1. The molecule has 0 spiro atoms. The van der Waals surface area contributed by atoms with E-state index in [1.807, 2.05) is 0 Å². The predicted molar refractivity (Wildman–Crippen MR) is 81.9 cm³/mol. The van der Waals surface area contributed by atoms with Crippen LogP contribution >= 0.6 is 27.5 Å². The average molecular weight is 372 g/mol. The number of carbonyl (C=O) groups excluding carboxylic acids is 1. The number of aromatic hydroxyl groups is 1. The van der Waals surface area contributed by atoms with Gasteiger partial charge in [0, 0.05) is 27.2 Å². The number of nitrogens with one attached hydrogen (secondary N) is 1. The van der Waals surface area contributed by atoms with Crippen LogP contribution in [0.25, 0.3) is 0 Å². The van der Waals surface area contributed by atoms with Crippen LogP contribution in [0.5, 0.6) is 5.75 Å². The van der Waals surface area contributed by atoms with Crippen LogP contribution in [0.1, 0.15) is 10.4 Å². The van der Waals surface area contributed by atoms with E-state index in [4.69, 9.17) is 11.6 Å².